The number of thiazole rings is 1. The van der Waals surface area contributed by atoms with E-state index < -0.39 is 0 Å². The second-order valence-corrected chi connectivity index (χ2v) is 5.74. The maximum Gasteiger partial charge on any atom is 0.103 e. The smallest absolute Gasteiger partial charge is 0.103 e. The molecule has 2 aromatic rings. The normalized spacial score (nSPS) is 10.7. The number of hydrogen-bond acceptors (Lipinski definition) is 4. The van der Waals surface area contributed by atoms with Crippen LogP contribution in [0, 0.1) is 0 Å². The van der Waals surface area contributed by atoms with Crippen molar-refractivity contribution in [3.05, 3.63) is 40.2 Å². The molecule has 1 aromatic carbocycles. The minimum Gasteiger partial charge on any atom is -0.315 e. The van der Waals surface area contributed by atoms with E-state index in [1.54, 1.807) is 0 Å². The number of hydrogen-bond donors (Lipinski definition) is 1. The van der Waals surface area contributed by atoms with Crippen molar-refractivity contribution in [3.8, 4) is 11.3 Å². The van der Waals surface area contributed by atoms with Crippen molar-refractivity contribution < 1.29 is 0 Å². The molecule has 90 valence electrons. The molecule has 0 radical (unpaired) electrons. The zero-order chi connectivity index (χ0) is 12.1. The Labute approximate surface area is 110 Å². The third-order valence-electron chi connectivity index (χ3n) is 2.39. The van der Waals surface area contributed by atoms with Crippen LogP contribution < -0.4 is 5.32 Å². The number of aromatic nitrogens is 1. The summed E-state index contributed by atoms with van der Waals surface area (Å²) in [5, 5.41) is 4.42. The molecule has 0 atom stereocenters. The van der Waals surface area contributed by atoms with Gasteiger partial charge in [-0.2, -0.15) is 11.8 Å². The van der Waals surface area contributed by atoms with Crippen LogP contribution in [0.2, 0.25) is 0 Å². The molecule has 0 aliphatic rings. The van der Waals surface area contributed by atoms with Gasteiger partial charge in [-0.15, -0.1) is 11.3 Å². The number of nitrogens with one attached hydrogen (secondary N) is 1. The topological polar surface area (TPSA) is 24.9 Å². The van der Waals surface area contributed by atoms with Crippen LogP contribution in [0.5, 0.6) is 0 Å². The third kappa shape index (κ3) is 3.09. The van der Waals surface area contributed by atoms with Gasteiger partial charge in [0, 0.05) is 22.7 Å². The van der Waals surface area contributed by atoms with Crippen LogP contribution in [-0.2, 0) is 12.3 Å². The van der Waals surface area contributed by atoms with Gasteiger partial charge in [0.05, 0.1) is 5.69 Å². The van der Waals surface area contributed by atoms with Crippen molar-refractivity contribution in [1.82, 2.24) is 10.3 Å². The van der Waals surface area contributed by atoms with Gasteiger partial charge in [-0.05, 0) is 13.3 Å². The molecule has 1 N–H and O–H groups in total. The van der Waals surface area contributed by atoms with Gasteiger partial charge in [0.15, 0.2) is 0 Å². The molecular formula is C13H16N2S2. The summed E-state index contributed by atoms with van der Waals surface area (Å²) < 4.78 is 0. The Morgan fingerprint density at radius 1 is 1.29 bits per heavy atom. The molecule has 0 bridgehead atoms. The SMILES string of the molecule is CNCc1sc(CSC)nc1-c1ccccc1. The quantitative estimate of drug-likeness (QED) is 0.896. The van der Waals surface area contributed by atoms with Gasteiger partial charge in [-0.25, -0.2) is 4.98 Å². The van der Waals surface area contributed by atoms with Crippen molar-refractivity contribution in [2.24, 2.45) is 0 Å². The molecule has 0 spiro atoms. The van der Waals surface area contributed by atoms with Crippen LogP contribution >= 0.6 is 23.1 Å². The lowest BCUT2D eigenvalue weighted by Crippen LogP contribution is -2.04. The van der Waals surface area contributed by atoms with Crippen molar-refractivity contribution in [2.45, 2.75) is 12.3 Å². The molecule has 0 saturated heterocycles. The summed E-state index contributed by atoms with van der Waals surface area (Å²) in [7, 11) is 1.97. The van der Waals surface area contributed by atoms with E-state index in [1.807, 2.05) is 36.2 Å². The third-order valence-corrected chi connectivity index (χ3v) is 4.19. The van der Waals surface area contributed by atoms with Crippen LogP contribution in [0.3, 0.4) is 0 Å². The molecule has 1 heterocycles. The van der Waals surface area contributed by atoms with E-state index in [1.165, 1.54) is 15.4 Å². The summed E-state index contributed by atoms with van der Waals surface area (Å²) in [6.45, 7) is 0.885. The fraction of sp³-hybridized carbons (Fsp3) is 0.308. The van der Waals surface area contributed by atoms with Gasteiger partial charge in [0.2, 0.25) is 0 Å². The monoisotopic (exact) mass is 264 g/mol. The summed E-state index contributed by atoms with van der Waals surface area (Å²) in [5.41, 5.74) is 2.34. The first-order valence-electron chi connectivity index (χ1n) is 5.52. The first-order chi connectivity index (χ1) is 8.35. The first-order valence-corrected chi connectivity index (χ1v) is 7.73. The van der Waals surface area contributed by atoms with Gasteiger partial charge in [-0.3, -0.25) is 0 Å². The van der Waals surface area contributed by atoms with Gasteiger partial charge in [-0.1, -0.05) is 30.3 Å². The second-order valence-electron chi connectivity index (χ2n) is 3.71. The Morgan fingerprint density at radius 2 is 2.06 bits per heavy atom. The predicted molar refractivity (Wildman–Crippen MR) is 77.5 cm³/mol. The Hall–Kier alpha value is -0.840. The first kappa shape index (κ1) is 12.6. The molecule has 0 fully saturated rings. The van der Waals surface area contributed by atoms with E-state index in [2.05, 4.69) is 35.8 Å². The Bertz CT molecular complexity index is 466. The largest absolute Gasteiger partial charge is 0.315 e. The zero-order valence-electron chi connectivity index (χ0n) is 10.1. The molecule has 0 aliphatic carbocycles. The van der Waals surface area contributed by atoms with Gasteiger partial charge in [0.25, 0.3) is 0 Å². The van der Waals surface area contributed by atoms with Crippen LogP contribution in [0.1, 0.15) is 9.88 Å². The number of rotatable bonds is 5. The Balaban J connectivity index is 2.37. The van der Waals surface area contributed by atoms with Crippen molar-refractivity contribution >= 4 is 23.1 Å². The van der Waals surface area contributed by atoms with E-state index in [9.17, 15) is 0 Å². The van der Waals surface area contributed by atoms with E-state index in [0.717, 1.165) is 18.0 Å². The van der Waals surface area contributed by atoms with E-state index in [-0.39, 0.29) is 0 Å². The minimum absolute atomic E-state index is 0.885. The summed E-state index contributed by atoms with van der Waals surface area (Å²) in [5.74, 6) is 0.994. The zero-order valence-corrected chi connectivity index (χ0v) is 11.7. The van der Waals surface area contributed by atoms with Crippen LogP contribution in [0.25, 0.3) is 11.3 Å². The predicted octanol–water partition coefficient (Wildman–Crippen LogP) is 3.39. The molecule has 1 aromatic heterocycles. The lowest BCUT2D eigenvalue weighted by atomic mass is 10.1. The highest BCUT2D eigenvalue weighted by Gasteiger charge is 2.11. The second kappa shape index (κ2) is 6.19. The molecular weight excluding hydrogens is 248 g/mol. The van der Waals surface area contributed by atoms with Crippen LogP contribution in [-0.4, -0.2) is 18.3 Å². The summed E-state index contributed by atoms with van der Waals surface area (Å²) in [6, 6.07) is 10.4. The van der Waals surface area contributed by atoms with E-state index >= 15 is 0 Å². The van der Waals surface area contributed by atoms with Gasteiger partial charge < -0.3 is 5.32 Å². The van der Waals surface area contributed by atoms with E-state index in [0.29, 0.717) is 0 Å². The van der Waals surface area contributed by atoms with Gasteiger partial charge in [0.1, 0.15) is 5.01 Å². The average molecular weight is 264 g/mol. The minimum atomic E-state index is 0.885. The van der Waals surface area contributed by atoms with Crippen molar-refractivity contribution in [1.29, 1.82) is 0 Å². The highest BCUT2D eigenvalue weighted by Crippen LogP contribution is 2.29. The highest BCUT2D eigenvalue weighted by molar-refractivity contribution is 7.97. The maximum absolute atomic E-state index is 4.75. The lowest BCUT2D eigenvalue weighted by Gasteiger charge is -2.00. The summed E-state index contributed by atoms with van der Waals surface area (Å²) >= 11 is 3.63. The number of nitrogens with zero attached hydrogens (tertiary/aromatic N) is 1. The van der Waals surface area contributed by atoms with Crippen molar-refractivity contribution in [3.63, 3.8) is 0 Å². The summed E-state index contributed by atoms with van der Waals surface area (Å²) in [6.07, 6.45) is 2.11. The Kier molecular flexibility index (Phi) is 4.59. The molecule has 17 heavy (non-hydrogen) atoms. The maximum atomic E-state index is 4.75. The standard InChI is InChI=1S/C13H16N2S2/c1-14-8-11-13(10-6-4-3-5-7-10)15-12(17-11)9-16-2/h3-7,14H,8-9H2,1-2H3. The molecule has 0 unspecified atom stereocenters. The molecule has 0 aliphatic heterocycles. The molecule has 2 nitrogen and oxygen atoms in total. The fourth-order valence-corrected chi connectivity index (χ4v) is 3.49. The molecule has 4 heteroatoms. The van der Waals surface area contributed by atoms with Crippen molar-refractivity contribution in [2.75, 3.05) is 13.3 Å². The van der Waals surface area contributed by atoms with Crippen LogP contribution in [0.15, 0.2) is 30.3 Å². The summed E-state index contributed by atoms with van der Waals surface area (Å²) in [4.78, 5) is 6.07. The molecule has 0 amide bonds. The number of thioether (sulfide) groups is 1. The fourth-order valence-electron chi connectivity index (χ4n) is 1.69. The molecule has 2 rings (SSSR count). The highest BCUT2D eigenvalue weighted by atomic mass is 32.2. The van der Waals surface area contributed by atoms with Crippen LogP contribution in [0.4, 0.5) is 0 Å². The average Bonchev–Trinajstić information content (AvgIpc) is 2.74. The van der Waals surface area contributed by atoms with Gasteiger partial charge >= 0.3 is 0 Å². The Morgan fingerprint density at radius 3 is 2.71 bits per heavy atom. The lowest BCUT2D eigenvalue weighted by molar-refractivity contribution is 0.831. The molecule has 0 saturated carbocycles. The van der Waals surface area contributed by atoms with E-state index in [4.69, 9.17) is 4.98 Å². The number of benzene rings is 1.